The Hall–Kier alpha value is -9.29. The lowest BCUT2D eigenvalue weighted by Gasteiger charge is -2.18. The average molecular weight is 983 g/mol. The highest BCUT2D eigenvalue weighted by atomic mass is 32.2. The summed E-state index contributed by atoms with van der Waals surface area (Å²) in [6, 6.07) is 32.7. The molecule has 0 heterocycles. The molecule has 6 aromatic rings. The van der Waals surface area contributed by atoms with Gasteiger partial charge in [0.15, 0.2) is 11.4 Å². The molecule has 0 aliphatic heterocycles. The number of anilines is 8. The van der Waals surface area contributed by atoms with Gasteiger partial charge in [-0.2, -0.15) is 27.0 Å². The Morgan fingerprint density at radius 3 is 1.19 bits per heavy atom. The standard InChI is InChI=1S/C47H34N8O13S2/c56-43-33-15-11-29(48-27-7-3-1-4-8-27)19-25(33)21-39(69(63,64)65)41(43)54-52-37-17-13-31(23-35(37)45(58)59)50-47(62)51-32-14-18-38(36(24-32)46(60)61)53-55-42-40(70(66,67)68)22-26-20-30(12-16-34(26)44(42)57)49-28-9-5-2-6-10-28/h1-24,48-49,52-53H,(H,58,59)(H,60,61)(H2,50,51,62)(H,63,64,65)(H,66,67,68)/b54-41-,55-42+. The fourth-order valence-corrected chi connectivity index (χ4v) is 8.45. The number of nitrogens with one attached hydrogen (secondary N) is 6. The van der Waals surface area contributed by atoms with Gasteiger partial charge in [-0.25, -0.2) is 14.4 Å². The van der Waals surface area contributed by atoms with Gasteiger partial charge in [0, 0.05) is 45.3 Å². The summed E-state index contributed by atoms with van der Waals surface area (Å²) >= 11 is 0. The molecule has 2 aliphatic carbocycles. The van der Waals surface area contributed by atoms with Crippen molar-refractivity contribution >= 4 is 119 Å². The normalized spacial score (nSPS) is 14.4. The first-order valence-electron chi connectivity index (χ1n) is 20.2. The molecule has 21 nitrogen and oxygen atoms in total. The Kier molecular flexibility index (Phi) is 12.9. The summed E-state index contributed by atoms with van der Waals surface area (Å²) in [6.45, 7) is 0. The highest BCUT2D eigenvalue weighted by Crippen LogP contribution is 2.32. The molecule has 6 aromatic carbocycles. The number of amides is 2. The fraction of sp³-hybridized carbons (Fsp3) is 0. The molecular formula is C47H34N8O13S2. The number of carboxylic acids is 2. The van der Waals surface area contributed by atoms with Crippen LogP contribution in [0, 0.1) is 0 Å². The molecule has 352 valence electrons. The summed E-state index contributed by atoms with van der Waals surface area (Å²) in [5, 5.41) is 38.8. The molecule has 0 aromatic heterocycles. The Labute approximate surface area is 396 Å². The summed E-state index contributed by atoms with van der Waals surface area (Å²) in [5.74, 6) is -4.89. The zero-order valence-electron chi connectivity index (χ0n) is 35.5. The molecule has 2 aliphatic rings. The van der Waals surface area contributed by atoms with Crippen LogP contribution in [0.4, 0.5) is 50.3 Å². The highest BCUT2D eigenvalue weighted by Gasteiger charge is 2.35. The predicted octanol–water partition coefficient (Wildman–Crippen LogP) is 8.00. The number of benzene rings is 6. The van der Waals surface area contributed by atoms with E-state index in [-0.39, 0.29) is 45.0 Å². The van der Waals surface area contributed by atoms with E-state index in [1.54, 1.807) is 60.7 Å². The first-order valence-corrected chi connectivity index (χ1v) is 23.1. The van der Waals surface area contributed by atoms with E-state index in [1.807, 2.05) is 12.1 Å². The number of carbonyl (C=O) groups excluding carboxylic acids is 3. The van der Waals surface area contributed by atoms with E-state index in [0.717, 1.165) is 36.4 Å². The molecule has 8 rings (SSSR count). The minimum atomic E-state index is -5.05. The summed E-state index contributed by atoms with van der Waals surface area (Å²) in [4.78, 5) is 63.2. The van der Waals surface area contributed by atoms with Gasteiger partial charge in [0.2, 0.25) is 11.6 Å². The van der Waals surface area contributed by atoms with E-state index in [2.05, 4.69) is 42.3 Å². The van der Waals surface area contributed by atoms with Gasteiger partial charge in [0.05, 0.1) is 22.5 Å². The largest absolute Gasteiger partial charge is 0.478 e. The van der Waals surface area contributed by atoms with Crippen molar-refractivity contribution in [3.63, 3.8) is 0 Å². The topological polar surface area (TPSA) is 331 Å². The Bertz CT molecular complexity index is 3330. The van der Waals surface area contributed by atoms with Crippen molar-refractivity contribution < 1.29 is 60.1 Å². The molecule has 0 saturated carbocycles. The molecule has 0 spiro atoms. The lowest BCUT2D eigenvalue weighted by Crippen LogP contribution is -2.27. The van der Waals surface area contributed by atoms with Crippen LogP contribution in [0.15, 0.2) is 153 Å². The number of allylic oxidation sites excluding steroid dienone is 2. The molecule has 0 unspecified atom stereocenters. The molecule has 70 heavy (non-hydrogen) atoms. The van der Waals surface area contributed by atoms with Crippen molar-refractivity contribution in [3.8, 4) is 0 Å². The molecule has 0 radical (unpaired) electrons. The second kappa shape index (κ2) is 19.1. The average Bonchev–Trinajstić information content (AvgIpc) is 3.31. The number of Topliss-reactive ketones (excluding diaryl/α,β-unsaturated/α-hetero) is 2. The van der Waals surface area contributed by atoms with Gasteiger partial charge in [-0.15, -0.1) is 0 Å². The summed E-state index contributed by atoms with van der Waals surface area (Å²) in [6.07, 6.45) is 2.09. The van der Waals surface area contributed by atoms with Crippen molar-refractivity contribution in [3.05, 3.63) is 177 Å². The Morgan fingerprint density at radius 1 is 0.457 bits per heavy atom. The van der Waals surface area contributed by atoms with Crippen molar-refractivity contribution in [2.45, 2.75) is 0 Å². The molecule has 23 heteroatoms. The van der Waals surface area contributed by atoms with Crippen LogP contribution >= 0.6 is 0 Å². The zero-order valence-corrected chi connectivity index (χ0v) is 37.2. The second-order valence-corrected chi connectivity index (χ2v) is 17.8. The third-order valence-electron chi connectivity index (χ3n) is 10.3. The maximum Gasteiger partial charge on any atom is 0.337 e. The van der Waals surface area contributed by atoms with Crippen LogP contribution in [-0.4, -0.2) is 77.1 Å². The number of hydrogen-bond donors (Lipinski definition) is 10. The van der Waals surface area contributed by atoms with Gasteiger partial charge in [0.1, 0.15) is 9.81 Å². The number of carboxylic acid groups (broad SMARTS) is 2. The number of fused-ring (bicyclic) bond motifs is 2. The number of hydrazone groups is 2. The van der Waals surface area contributed by atoms with Gasteiger partial charge in [-0.1, -0.05) is 36.4 Å². The molecule has 0 bridgehead atoms. The van der Waals surface area contributed by atoms with Crippen LogP contribution in [0.5, 0.6) is 0 Å². The van der Waals surface area contributed by atoms with Gasteiger partial charge in [-0.05, 0) is 120 Å². The minimum Gasteiger partial charge on any atom is -0.478 e. The van der Waals surface area contributed by atoms with Crippen molar-refractivity contribution in [2.24, 2.45) is 10.2 Å². The number of aromatic carboxylic acids is 2. The summed E-state index contributed by atoms with van der Waals surface area (Å²) < 4.78 is 70.0. The van der Waals surface area contributed by atoms with Crippen molar-refractivity contribution in [1.82, 2.24) is 0 Å². The Morgan fingerprint density at radius 2 is 0.829 bits per heavy atom. The fourth-order valence-electron chi connectivity index (χ4n) is 7.13. The molecule has 2 amide bonds. The summed E-state index contributed by atoms with van der Waals surface area (Å²) in [7, 11) is -10.1. The van der Waals surface area contributed by atoms with Gasteiger partial charge >= 0.3 is 18.0 Å². The first kappa shape index (κ1) is 47.2. The maximum absolute atomic E-state index is 13.6. The predicted molar refractivity (Wildman–Crippen MR) is 262 cm³/mol. The van der Waals surface area contributed by atoms with E-state index in [0.29, 0.717) is 22.7 Å². The van der Waals surface area contributed by atoms with Crippen molar-refractivity contribution in [1.29, 1.82) is 0 Å². The maximum atomic E-state index is 13.6. The third kappa shape index (κ3) is 10.5. The lowest BCUT2D eigenvalue weighted by atomic mass is 9.94. The first-order chi connectivity index (χ1) is 33.3. The highest BCUT2D eigenvalue weighted by molar-refractivity contribution is 7.91. The number of carbonyl (C=O) groups is 5. The van der Waals surface area contributed by atoms with Crippen LogP contribution in [0.25, 0.3) is 12.2 Å². The van der Waals surface area contributed by atoms with Crippen molar-refractivity contribution in [2.75, 3.05) is 32.1 Å². The van der Waals surface area contributed by atoms with Crippen LogP contribution in [0.3, 0.4) is 0 Å². The van der Waals surface area contributed by atoms with Gasteiger partial charge in [0.25, 0.3) is 20.2 Å². The molecule has 0 atom stereocenters. The molecule has 10 N–H and O–H groups in total. The molecular weight excluding hydrogens is 949 g/mol. The SMILES string of the molecule is O=C(Nc1ccc(N/N=C2/C(=O)c3ccc(Nc4ccccc4)cc3C=C2S(=O)(=O)O)c(C(=O)O)c1)Nc1ccc(N/N=C2\C(=O)c3ccc(Nc4ccccc4)cc3C=C2S(=O)(=O)O)c(C(=O)O)c1. The van der Waals surface area contributed by atoms with E-state index >= 15 is 0 Å². The number of para-hydroxylation sites is 2. The third-order valence-corrected chi connectivity index (χ3v) is 12.1. The monoisotopic (exact) mass is 982 g/mol. The van der Waals surface area contributed by atoms with Crippen LogP contribution in [-0.2, 0) is 20.2 Å². The van der Waals surface area contributed by atoms with E-state index in [9.17, 15) is 60.1 Å². The molecule has 0 saturated heterocycles. The number of ketones is 2. The minimum absolute atomic E-state index is 0.0342. The second-order valence-electron chi connectivity index (χ2n) is 15.1. The molecule has 0 fully saturated rings. The number of hydrogen-bond acceptors (Lipinski definition) is 15. The number of urea groups is 1. The quantitative estimate of drug-likeness (QED) is 0.0365. The smallest absolute Gasteiger partial charge is 0.337 e. The van der Waals surface area contributed by atoms with Gasteiger partial charge in [-0.3, -0.25) is 29.5 Å². The van der Waals surface area contributed by atoms with E-state index in [4.69, 9.17) is 0 Å². The van der Waals surface area contributed by atoms with E-state index < -0.39 is 82.1 Å². The van der Waals surface area contributed by atoms with Crippen LogP contribution in [0.1, 0.15) is 52.6 Å². The van der Waals surface area contributed by atoms with Crippen LogP contribution < -0.4 is 32.1 Å². The summed E-state index contributed by atoms with van der Waals surface area (Å²) in [5.41, 5.74) is 4.29. The Balaban J connectivity index is 0.970. The zero-order chi connectivity index (χ0) is 49.9. The van der Waals surface area contributed by atoms with E-state index in [1.165, 1.54) is 36.4 Å². The van der Waals surface area contributed by atoms with Crippen LogP contribution in [0.2, 0.25) is 0 Å². The number of rotatable bonds is 14. The lowest BCUT2D eigenvalue weighted by molar-refractivity contribution is 0.0687. The van der Waals surface area contributed by atoms with Gasteiger partial charge < -0.3 is 31.5 Å². The number of nitrogens with zero attached hydrogens (tertiary/aromatic N) is 2.